The largest absolute Gasteiger partial charge is 0.438 e. The average Bonchev–Trinajstić information content (AvgIpc) is 3.69. The van der Waals surface area contributed by atoms with Crippen molar-refractivity contribution in [2.45, 2.75) is 92.9 Å². The van der Waals surface area contributed by atoms with Crippen LogP contribution in [0.25, 0.3) is 6.08 Å². The first-order valence-electron chi connectivity index (χ1n) is 19.9. The molecule has 0 radical (unpaired) electrons. The Morgan fingerprint density at radius 2 is 1.32 bits per heavy atom. The summed E-state index contributed by atoms with van der Waals surface area (Å²) in [6.45, 7) is 12.6. The normalized spacial score (nSPS) is 15.5. The number of hydrogen-bond donors (Lipinski definition) is 1. The van der Waals surface area contributed by atoms with E-state index in [1.165, 1.54) is 64.7 Å². The van der Waals surface area contributed by atoms with E-state index in [4.69, 9.17) is 18.5 Å². The number of nitrogens with one attached hydrogen (secondary N) is 1. The van der Waals surface area contributed by atoms with Gasteiger partial charge in [0.15, 0.2) is 0 Å². The second-order valence-corrected chi connectivity index (χ2v) is 21.2. The molecule has 1 aliphatic rings. The molecule has 4 rings (SSSR count). The van der Waals surface area contributed by atoms with Crippen molar-refractivity contribution in [1.29, 1.82) is 0 Å². The Morgan fingerprint density at radius 3 is 1.82 bits per heavy atom. The molecule has 0 aliphatic carbocycles. The zero-order valence-electron chi connectivity index (χ0n) is 36.4. The van der Waals surface area contributed by atoms with Gasteiger partial charge in [-0.2, -0.15) is 8.78 Å². The van der Waals surface area contributed by atoms with Gasteiger partial charge in [0, 0.05) is 33.1 Å². The minimum atomic E-state index is -5.54. The number of amides is 3. The van der Waals surface area contributed by atoms with E-state index in [2.05, 4.69) is 27.9 Å². The quantitative estimate of drug-likeness (QED) is 0.0511. The summed E-state index contributed by atoms with van der Waals surface area (Å²) in [6.07, 6.45) is 3.50. The van der Waals surface area contributed by atoms with Gasteiger partial charge in [-0.15, -0.1) is 0 Å². The van der Waals surface area contributed by atoms with Crippen LogP contribution in [-0.2, 0) is 52.7 Å². The van der Waals surface area contributed by atoms with Crippen LogP contribution in [0, 0.1) is 19.8 Å². The molecule has 62 heavy (non-hydrogen) atoms. The highest BCUT2D eigenvalue weighted by Gasteiger charge is 2.56. The third-order valence-electron chi connectivity index (χ3n) is 9.62. The van der Waals surface area contributed by atoms with Gasteiger partial charge in [0.1, 0.15) is 12.1 Å². The Balaban J connectivity index is 1.50. The van der Waals surface area contributed by atoms with Crippen LogP contribution in [0.1, 0.15) is 86.3 Å². The molecule has 336 valence electrons. The minimum Gasteiger partial charge on any atom is -0.438 e. The topological polar surface area (TPSA) is 158 Å². The van der Waals surface area contributed by atoms with Crippen molar-refractivity contribution in [3.63, 3.8) is 0 Å². The molecule has 0 spiro atoms. The number of benzene rings is 3. The lowest BCUT2D eigenvalue weighted by Gasteiger charge is -2.36. The van der Waals surface area contributed by atoms with Gasteiger partial charge >= 0.3 is 25.2 Å². The second-order valence-electron chi connectivity index (χ2n) is 17.8. The fourth-order valence-corrected chi connectivity index (χ4v) is 7.67. The summed E-state index contributed by atoms with van der Waals surface area (Å²) >= 11 is 2.19. The first-order valence-corrected chi connectivity index (χ1v) is 22.5. The van der Waals surface area contributed by atoms with Crippen LogP contribution in [-0.4, -0.2) is 66.8 Å². The van der Waals surface area contributed by atoms with Gasteiger partial charge in [0.05, 0.1) is 10.8 Å². The van der Waals surface area contributed by atoms with Crippen molar-refractivity contribution < 1.29 is 55.8 Å². The van der Waals surface area contributed by atoms with Crippen molar-refractivity contribution in [2.75, 3.05) is 25.0 Å². The number of anilines is 2. The third-order valence-corrected chi connectivity index (χ3v) is 12.2. The first kappa shape index (κ1) is 50.1. The number of rotatable bonds is 15. The Morgan fingerprint density at radius 1 is 0.806 bits per heavy atom. The molecule has 13 nitrogen and oxygen atoms in total. The summed E-state index contributed by atoms with van der Waals surface area (Å²) in [6, 6.07) is 19.2. The van der Waals surface area contributed by atoms with E-state index in [1.807, 2.05) is 54.6 Å². The third kappa shape index (κ3) is 12.8. The smallest absolute Gasteiger partial charge is 0.410 e. The Kier molecular flexibility index (Phi) is 16.4. The van der Waals surface area contributed by atoms with E-state index in [1.54, 1.807) is 25.7 Å². The highest BCUT2D eigenvalue weighted by Crippen LogP contribution is 2.67. The summed E-state index contributed by atoms with van der Waals surface area (Å²) in [7, 11) is -5.54. The van der Waals surface area contributed by atoms with E-state index >= 15 is 8.78 Å². The van der Waals surface area contributed by atoms with Gasteiger partial charge in [0.2, 0.25) is 25.4 Å². The maximum absolute atomic E-state index is 16.0. The van der Waals surface area contributed by atoms with Gasteiger partial charge in [-0.1, -0.05) is 63.2 Å². The number of halogens is 3. The maximum atomic E-state index is 16.0. The van der Waals surface area contributed by atoms with Crippen LogP contribution in [0.4, 0.5) is 20.2 Å². The molecule has 3 aromatic rings. The number of likely N-dealkylation sites (tertiary alicyclic amines) is 1. The maximum Gasteiger partial charge on any atom is 0.410 e. The summed E-state index contributed by atoms with van der Waals surface area (Å²) in [5.41, 5.74) is -6.39. The molecule has 1 fully saturated rings. The SMILES string of the molecule is CC(C)(C)C(=O)OCOP(=O)(OCOC(=O)C(C)(C)C)C(F)(F)c1ccc(C=CC(=O)N[C@H](C(=O)N2CCC[C@H]2C(=O)N(c2ccccc2)c2ccc(I)cc2)C(C)(C)C)cc1. The van der Waals surface area contributed by atoms with E-state index in [9.17, 15) is 28.5 Å². The fraction of sp³-hybridized carbons (Fsp3) is 0.444. The molecular weight excluding hydrogens is 938 g/mol. The molecule has 0 aromatic heterocycles. The van der Waals surface area contributed by atoms with Gasteiger partial charge < -0.3 is 19.7 Å². The monoisotopic (exact) mass is 993 g/mol. The molecule has 1 aliphatic heterocycles. The van der Waals surface area contributed by atoms with Crippen molar-refractivity contribution in [3.8, 4) is 0 Å². The van der Waals surface area contributed by atoms with Crippen molar-refractivity contribution >= 4 is 77.3 Å². The van der Waals surface area contributed by atoms with Gasteiger partial charge in [-0.3, -0.25) is 42.5 Å². The van der Waals surface area contributed by atoms with E-state index in [0.717, 1.165) is 21.8 Å². The average molecular weight is 994 g/mol. The number of ether oxygens (including phenoxy) is 2. The molecule has 2 atom stereocenters. The first-order chi connectivity index (χ1) is 28.8. The summed E-state index contributed by atoms with van der Waals surface area (Å²) in [5, 5.41) is 2.79. The number of alkyl halides is 2. The Labute approximate surface area is 375 Å². The zero-order valence-corrected chi connectivity index (χ0v) is 39.5. The molecule has 1 saturated heterocycles. The number of esters is 2. The van der Waals surface area contributed by atoms with Crippen molar-refractivity contribution in [2.24, 2.45) is 16.2 Å². The number of hydrogen-bond acceptors (Lipinski definition) is 10. The number of carbonyl (C=O) groups is 5. The molecule has 1 N–H and O–H groups in total. The number of carbonyl (C=O) groups excluding carboxylic acids is 5. The van der Waals surface area contributed by atoms with Crippen LogP contribution in [0.15, 0.2) is 84.9 Å². The molecular formula is C45H55F2IN3O10P. The standard InChI is InChI=1S/C45H55F2IN3O10P/c1-42(2,3)37(39(54)50-27-13-16-35(50)38(53)51(33-14-11-10-12-15-33)34-24-22-32(48)23-25-34)49-36(52)26-19-30-17-20-31(21-18-30)45(46,47)62(57,60-28-58-40(55)43(4,5)6)61-29-59-41(56)44(7,8)9/h10-12,14-15,17-26,35,37H,13,16,27-29H2,1-9H3,(H,49,52)/t35-,37+/m0/s1. The molecule has 3 aromatic carbocycles. The van der Waals surface area contributed by atoms with Crippen molar-refractivity contribution in [3.05, 3.63) is 99.6 Å². The Hall–Kier alpha value is -4.51. The molecule has 0 saturated carbocycles. The van der Waals surface area contributed by atoms with E-state index < -0.39 is 84.5 Å². The van der Waals surface area contributed by atoms with E-state index in [0.29, 0.717) is 30.8 Å². The fourth-order valence-electron chi connectivity index (χ4n) is 6.07. The van der Waals surface area contributed by atoms with Gasteiger partial charge in [-0.05, 0) is 130 Å². The molecule has 0 bridgehead atoms. The Bertz CT molecular complexity index is 2110. The molecule has 1 heterocycles. The van der Waals surface area contributed by atoms with Gasteiger partial charge in [-0.25, -0.2) is 0 Å². The lowest BCUT2D eigenvalue weighted by Crippen LogP contribution is -2.57. The van der Waals surface area contributed by atoms with Crippen molar-refractivity contribution in [1.82, 2.24) is 10.2 Å². The molecule has 3 amide bonds. The predicted molar refractivity (Wildman–Crippen MR) is 239 cm³/mol. The summed E-state index contributed by atoms with van der Waals surface area (Å²) < 4.78 is 66.3. The highest BCUT2D eigenvalue weighted by atomic mass is 127. The highest BCUT2D eigenvalue weighted by molar-refractivity contribution is 14.1. The number of para-hydroxylation sites is 1. The predicted octanol–water partition coefficient (Wildman–Crippen LogP) is 9.56. The number of nitrogens with zero attached hydrogens (tertiary/aromatic N) is 2. The van der Waals surface area contributed by atoms with Crippen LogP contribution < -0.4 is 10.2 Å². The molecule has 17 heteroatoms. The summed E-state index contributed by atoms with van der Waals surface area (Å²) in [5.74, 6) is -2.99. The van der Waals surface area contributed by atoms with Crippen LogP contribution in [0.5, 0.6) is 0 Å². The minimum absolute atomic E-state index is 0.279. The lowest BCUT2D eigenvalue weighted by molar-refractivity contribution is -0.163. The van der Waals surface area contributed by atoms with Crippen LogP contribution in [0.3, 0.4) is 0 Å². The van der Waals surface area contributed by atoms with Crippen LogP contribution in [0.2, 0.25) is 0 Å². The van der Waals surface area contributed by atoms with E-state index in [-0.39, 0.29) is 11.5 Å². The van der Waals surface area contributed by atoms with Gasteiger partial charge in [0.25, 0.3) is 5.91 Å². The lowest BCUT2D eigenvalue weighted by atomic mass is 9.85. The second kappa shape index (κ2) is 20.3. The zero-order chi connectivity index (χ0) is 46.3. The summed E-state index contributed by atoms with van der Waals surface area (Å²) in [4.78, 5) is 69.7. The van der Waals surface area contributed by atoms with Crippen LogP contribution >= 0.6 is 30.2 Å². The molecule has 0 unspecified atom stereocenters.